The highest BCUT2D eigenvalue weighted by molar-refractivity contribution is 5.96. The molecule has 0 unspecified atom stereocenters. The zero-order chi connectivity index (χ0) is 13.4. The molecule has 0 aliphatic carbocycles. The quantitative estimate of drug-likeness (QED) is 0.504. The van der Waals surface area contributed by atoms with Gasteiger partial charge in [0.25, 0.3) is 0 Å². The normalized spacial score (nSPS) is 11.9. The number of carbonyl (C=O) groups excluding carboxylic acids is 1. The highest BCUT2D eigenvalue weighted by atomic mass is 16.7. The van der Waals surface area contributed by atoms with Gasteiger partial charge < -0.3 is 5.32 Å². The van der Waals surface area contributed by atoms with E-state index >= 15 is 0 Å². The Kier molecular flexibility index (Phi) is 5.64. The lowest BCUT2D eigenvalue weighted by atomic mass is 10.2. The number of nitrogens with zero attached hydrogens (tertiary/aromatic N) is 1. The van der Waals surface area contributed by atoms with E-state index in [9.17, 15) is 4.79 Å². The van der Waals surface area contributed by atoms with Gasteiger partial charge >= 0.3 is 6.09 Å². The Bertz CT molecular complexity index is 436. The molecule has 0 fully saturated rings. The van der Waals surface area contributed by atoms with Crippen LogP contribution in [0.15, 0.2) is 41.6 Å². The molecule has 1 N–H and O–H groups in total. The van der Waals surface area contributed by atoms with Gasteiger partial charge in [-0.1, -0.05) is 41.6 Å². The number of benzene rings is 1. The van der Waals surface area contributed by atoms with Crippen LogP contribution in [0, 0.1) is 0 Å². The van der Waals surface area contributed by atoms with Crippen LogP contribution in [0.5, 0.6) is 0 Å². The molecule has 0 radical (unpaired) electrons. The summed E-state index contributed by atoms with van der Waals surface area (Å²) >= 11 is 0. The molecule has 1 amide bonds. The Hall–Kier alpha value is -2.10. The van der Waals surface area contributed by atoms with Crippen LogP contribution in [-0.2, 0) is 4.84 Å². The summed E-state index contributed by atoms with van der Waals surface area (Å²) in [5.41, 5.74) is 1.69. The van der Waals surface area contributed by atoms with Crippen molar-refractivity contribution in [2.45, 2.75) is 26.8 Å². The molecule has 96 valence electrons. The second kappa shape index (κ2) is 7.27. The van der Waals surface area contributed by atoms with Crippen molar-refractivity contribution in [3.63, 3.8) is 0 Å². The molecule has 1 aromatic rings. The van der Waals surface area contributed by atoms with Crippen molar-refractivity contribution in [1.82, 2.24) is 5.32 Å². The predicted molar refractivity (Wildman–Crippen MR) is 73.3 cm³/mol. The van der Waals surface area contributed by atoms with Gasteiger partial charge in [-0.3, -0.25) is 4.84 Å². The lowest BCUT2D eigenvalue weighted by molar-refractivity contribution is 0.148. The highest BCUT2D eigenvalue weighted by Crippen LogP contribution is 2.01. The molecule has 4 nitrogen and oxygen atoms in total. The number of nitrogens with one attached hydrogen (secondary N) is 1. The van der Waals surface area contributed by atoms with Crippen LogP contribution in [-0.4, -0.2) is 17.8 Å². The van der Waals surface area contributed by atoms with Gasteiger partial charge in [0.2, 0.25) is 0 Å². The molecule has 0 heterocycles. The molecule has 0 bridgehead atoms. The third-order valence-corrected chi connectivity index (χ3v) is 2.00. The molecule has 1 aromatic carbocycles. The van der Waals surface area contributed by atoms with Gasteiger partial charge in [0.05, 0.1) is 5.71 Å². The first-order valence-corrected chi connectivity index (χ1v) is 5.83. The highest BCUT2D eigenvalue weighted by Gasteiger charge is 2.02. The van der Waals surface area contributed by atoms with E-state index in [4.69, 9.17) is 0 Å². The van der Waals surface area contributed by atoms with Gasteiger partial charge in [0.15, 0.2) is 0 Å². The molecule has 0 aromatic heterocycles. The minimum atomic E-state index is -0.544. The number of hydrogen-bond donors (Lipinski definition) is 1. The average Bonchev–Trinajstić information content (AvgIpc) is 2.34. The Morgan fingerprint density at radius 2 is 2.00 bits per heavy atom. The third-order valence-electron chi connectivity index (χ3n) is 2.00. The number of rotatable bonds is 4. The van der Waals surface area contributed by atoms with E-state index in [-0.39, 0.29) is 6.04 Å². The van der Waals surface area contributed by atoms with Crippen molar-refractivity contribution in [1.29, 1.82) is 0 Å². The summed E-state index contributed by atoms with van der Waals surface area (Å²) in [5, 5.41) is 6.29. The molecule has 0 saturated heterocycles. The minimum Gasteiger partial charge on any atom is -0.317 e. The zero-order valence-corrected chi connectivity index (χ0v) is 10.9. The summed E-state index contributed by atoms with van der Waals surface area (Å²) in [4.78, 5) is 15.9. The second-order valence-electron chi connectivity index (χ2n) is 4.15. The zero-order valence-electron chi connectivity index (χ0n) is 10.9. The fraction of sp³-hybridized carbons (Fsp3) is 0.286. The van der Waals surface area contributed by atoms with Gasteiger partial charge in [0.1, 0.15) is 0 Å². The topological polar surface area (TPSA) is 50.7 Å². The van der Waals surface area contributed by atoms with Crippen LogP contribution >= 0.6 is 0 Å². The molecular formula is C14H18N2O2. The Morgan fingerprint density at radius 1 is 1.33 bits per heavy atom. The summed E-state index contributed by atoms with van der Waals surface area (Å²) in [7, 11) is 0. The molecule has 4 heteroatoms. The maximum absolute atomic E-state index is 11.2. The van der Waals surface area contributed by atoms with Crippen molar-refractivity contribution in [2.75, 3.05) is 0 Å². The van der Waals surface area contributed by atoms with Crippen LogP contribution in [0.3, 0.4) is 0 Å². The van der Waals surface area contributed by atoms with Crippen molar-refractivity contribution in [3.8, 4) is 0 Å². The van der Waals surface area contributed by atoms with E-state index < -0.39 is 6.09 Å². The minimum absolute atomic E-state index is 0.0351. The molecule has 1 rings (SSSR count). The smallest absolute Gasteiger partial charge is 0.317 e. The molecule has 0 aliphatic rings. The fourth-order valence-electron chi connectivity index (χ4n) is 1.19. The van der Waals surface area contributed by atoms with E-state index in [1.165, 1.54) is 0 Å². The number of amides is 1. The van der Waals surface area contributed by atoms with E-state index in [1.54, 1.807) is 13.0 Å². The maximum Gasteiger partial charge on any atom is 0.433 e. The van der Waals surface area contributed by atoms with E-state index in [0.29, 0.717) is 5.71 Å². The number of carbonyl (C=O) groups is 1. The molecule has 0 atom stereocenters. The first-order valence-electron chi connectivity index (χ1n) is 5.83. The van der Waals surface area contributed by atoms with Gasteiger partial charge in [-0.05, 0) is 32.4 Å². The molecule has 0 saturated carbocycles. The standard InChI is InChI=1S/C14H18N2O2/c1-11(2)15-14(17)18-16-12(3)9-10-13-7-5-4-6-8-13/h4-11H,1-3H3,(H,15,17)/b10-9+,16-12-. The summed E-state index contributed by atoms with van der Waals surface area (Å²) < 4.78 is 0. The first kappa shape index (κ1) is 14.0. The molecular weight excluding hydrogens is 228 g/mol. The lowest BCUT2D eigenvalue weighted by Crippen LogP contribution is -2.29. The van der Waals surface area contributed by atoms with Crippen LogP contribution < -0.4 is 5.32 Å². The SMILES string of the molecule is CC(/C=C/c1ccccc1)=N/OC(=O)NC(C)C. The number of oxime groups is 1. The van der Waals surface area contributed by atoms with Crippen molar-refractivity contribution >= 4 is 17.9 Å². The molecule has 0 spiro atoms. The third kappa shape index (κ3) is 5.84. The van der Waals surface area contributed by atoms with Gasteiger partial charge in [-0.25, -0.2) is 4.79 Å². The Morgan fingerprint density at radius 3 is 2.61 bits per heavy atom. The largest absolute Gasteiger partial charge is 0.433 e. The first-order chi connectivity index (χ1) is 8.58. The molecule has 0 aliphatic heterocycles. The summed E-state index contributed by atoms with van der Waals surface area (Å²) in [6, 6.07) is 9.87. The Balaban J connectivity index is 2.47. The van der Waals surface area contributed by atoms with Crippen LogP contribution in [0.25, 0.3) is 6.08 Å². The number of allylic oxidation sites excluding steroid dienone is 1. The van der Waals surface area contributed by atoms with Crippen molar-refractivity contribution < 1.29 is 9.63 Å². The number of hydrogen-bond acceptors (Lipinski definition) is 3. The maximum atomic E-state index is 11.2. The van der Waals surface area contributed by atoms with Crippen molar-refractivity contribution in [3.05, 3.63) is 42.0 Å². The van der Waals surface area contributed by atoms with Crippen LogP contribution in [0.4, 0.5) is 4.79 Å². The summed E-state index contributed by atoms with van der Waals surface area (Å²) in [6.45, 7) is 5.47. The average molecular weight is 246 g/mol. The van der Waals surface area contributed by atoms with Crippen LogP contribution in [0.2, 0.25) is 0 Å². The predicted octanol–water partition coefficient (Wildman–Crippen LogP) is 3.21. The Labute approximate surface area is 107 Å². The van der Waals surface area contributed by atoms with Gasteiger partial charge in [-0.2, -0.15) is 0 Å². The van der Waals surface area contributed by atoms with E-state index in [0.717, 1.165) is 5.56 Å². The van der Waals surface area contributed by atoms with Gasteiger partial charge in [0, 0.05) is 6.04 Å². The second-order valence-corrected chi connectivity index (χ2v) is 4.15. The fourth-order valence-corrected chi connectivity index (χ4v) is 1.19. The molecule has 18 heavy (non-hydrogen) atoms. The van der Waals surface area contributed by atoms with E-state index in [2.05, 4.69) is 15.3 Å². The van der Waals surface area contributed by atoms with E-state index in [1.807, 2.05) is 50.3 Å². The lowest BCUT2D eigenvalue weighted by Gasteiger charge is -2.04. The monoisotopic (exact) mass is 246 g/mol. The summed E-state index contributed by atoms with van der Waals surface area (Å²) in [5.74, 6) is 0. The van der Waals surface area contributed by atoms with Crippen molar-refractivity contribution in [2.24, 2.45) is 5.16 Å². The van der Waals surface area contributed by atoms with Gasteiger partial charge in [-0.15, -0.1) is 0 Å². The van der Waals surface area contributed by atoms with Crippen LogP contribution in [0.1, 0.15) is 26.3 Å². The summed E-state index contributed by atoms with van der Waals surface area (Å²) in [6.07, 6.45) is 3.15.